The molecule has 0 radical (unpaired) electrons. The predicted molar refractivity (Wildman–Crippen MR) is 121 cm³/mol. The second-order valence-corrected chi connectivity index (χ2v) is 8.54. The van der Waals surface area contributed by atoms with Gasteiger partial charge in [0.05, 0.1) is 13.2 Å². The van der Waals surface area contributed by atoms with Gasteiger partial charge in [0.25, 0.3) is 0 Å². The van der Waals surface area contributed by atoms with Crippen molar-refractivity contribution in [2.45, 2.75) is 130 Å². The van der Waals surface area contributed by atoms with E-state index >= 15 is 0 Å². The Hall–Kier alpha value is -1.06. The number of ether oxygens (including phenoxy) is 2. The van der Waals surface area contributed by atoms with Crippen molar-refractivity contribution in [2.75, 3.05) is 13.2 Å². The van der Waals surface area contributed by atoms with E-state index < -0.39 is 0 Å². The monoisotopic (exact) mass is 412 g/mol. The maximum atomic E-state index is 11.8. The molecule has 172 valence electrons. The molecule has 0 fully saturated rings. The van der Waals surface area contributed by atoms with E-state index in [0.717, 1.165) is 32.1 Å². The van der Waals surface area contributed by atoms with Crippen LogP contribution in [-0.4, -0.2) is 25.2 Å². The third-order valence-corrected chi connectivity index (χ3v) is 5.37. The van der Waals surface area contributed by atoms with Crippen molar-refractivity contribution in [3.8, 4) is 0 Å². The lowest BCUT2D eigenvalue weighted by atomic mass is 10.1. The van der Waals surface area contributed by atoms with Gasteiger partial charge in [0.2, 0.25) is 0 Å². The zero-order valence-electron chi connectivity index (χ0n) is 19.6. The van der Waals surface area contributed by atoms with Crippen LogP contribution in [0.4, 0.5) is 0 Å². The molecule has 0 bridgehead atoms. The summed E-state index contributed by atoms with van der Waals surface area (Å²) in [4.78, 5) is 23.5. The molecular weight excluding hydrogens is 364 g/mol. The summed E-state index contributed by atoms with van der Waals surface area (Å²) in [5.74, 6) is 0.0300. The molecule has 0 saturated carbocycles. The number of esters is 2. The Balaban J connectivity index is 3.46. The zero-order valence-corrected chi connectivity index (χ0v) is 19.6. The van der Waals surface area contributed by atoms with Gasteiger partial charge in [-0.3, -0.25) is 9.59 Å². The Morgan fingerprint density at radius 3 is 1.52 bits per heavy atom. The van der Waals surface area contributed by atoms with Crippen LogP contribution >= 0.6 is 0 Å². The quantitative estimate of drug-likeness (QED) is 0.146. The molecule has 0 amide bonds. The van der Waals surface area contributed by atoms with Crippen molar-refractivity contribution < 1.29 is 19.1 Å². The first-order chi connectivity index (χ1) is 14.1. The molecule has 0 rings (SSSR count). The summed E-state index contributed by atoms with van der Waals surface area (Å²) in [7, 11) is 0. The Labute approximate surface area is 180 Å². The fourth-order valence-electron chi connectivity index (χ4n) is 3.29. The maximum Gasteiger partial charge on any atom is 0.305 e. The molecule has 1 unspecified atom stereocenters. The van der Waals surface area contributed by atoms with Crippen LogP contribution in [0.25, 0.3) is 0 Å². The van der Waals surface area contributed by atoms with Crippen LogP contribution in [0.1, 0.15) is 130 Å². The summed E-state index contributed by atoms with van der Waals surface area (Å²) in [5, 5.41) is 0. The second-order valence-electron chi connectivity index (χ2n) is 8.54. The smallest absolute Gasteiger partial charge is 0.305 e. The second kappa shape index (κ2) is 21.6. The lowest BCUT2D eigenvalue weighted by Crippen LogP contribution is -2.15. The van der Waals surface area contributed by atoms with Gasteiger partial charge in [-0.05, 0) is 25.2 Å². The van der Waals surface area contributed by atoms with Crippen molar-refractivity contribution in [1.29, 1.82) is 0 Å². The molecule has 4 nitrogen and oxygen atoms in total. The molecule has 0 aliphatic carbocycles. The standard InChI is InChI=1S/C25H48O4/c1-4-6-8-10-12-14-16-18-24(26)28-21-20-23(3)22-29-25(27)19-17-15-13-11-9-7-5-2/h23H,4-22H2,1-3H3. The van der Waals surface area contributed by atoms with E-state index in [4.69, 9.17) is 9.47 Å². The van der Waals surface area contributed by atoms with E-state index in [1.54, 1.807) is 0 Å². The highest BCUT2D eigenvalue weighted by molar-refractivity contribution is 5.69. The minimum Gasteiger partial charge on any atom is -0.466 e. The van der Waals surface area contributed by atoms with E-state index in [0.29, 0.717) is 26.1 Å². The average Bonchev–Trinajstić information content (AvgIpc) is 2.71. The van der Waals surface area contributed by atoms with Gasteiger partial charge in [-0.25, -0.2) is 0 Å². The van der Waals surface area contributed by atoms with Gasteiger partial charge in [0.15, 0.2) is 0 Å². The highest BCUT2D eigenvalue weighted by Crippen LogP contribution is 2.11. The number of unbranched alkanes of at least 4 members (excludes halogenated alkanes) is 12. The Morgan fingerprint density at radius 1 is 0.621 bits per heavy atom. The van der Waals surface area contributed by atoms with Crippen LogP contribution in [0, 0.1) is 5.92 Å². The molecule has 4 heteroatoms. The summed E-state index contributed by atoms with van der Waals surface area (Å²) >= 11 is 0. The van der Waals surface area contributed by atoms with Gasteiger partial charge in [0, 0.05) is 12.8 Å². The van der Waals surface area contributed by atoms with Crippen LogP contribution in [0.5, 0.6) is 0 Å². The molecule has 0 aromatic heterocycles. The number of carbonyl (C=O) groups excluding carboxylic acids is 2. The van der Waals surface area contributed by atoms with E-state index in [1.165, 1.54) is 64.2 Å². The third-order valence-electron chi connectivity index (χ3n) is 5.37. The summed E-state index contributed by atoms with van der Waals surface area (Å²) in [6, 6.07) is 0. The Bertz CT molecular complexity index is 381. The van der Waals surface area contributed by atoms with Crippen molar-refractivity contribution in [3.63, 3.8) is 0 Å². The van der Waals surface area contributed by atoms with Crippen LogP contribution in [0.2, 0.25) is 0 Å². The van der Waals surface area contributed by atoms with E-state index in [2.05, 4.69) is 13.8 Å². The maximum absolute atomic E-state index is 11.8. The highest BCUT2D eigenvalue weighted by atomic mass is 16.5. The summed E-state index contributed by atoms with van der Waals surface area (Å²) < 4.78 is 10.7. The van der Waals surface area contributed by atoms with Gasteiger partial charge < -0.3 is 9.47 Å². The molecule has 0 saturated heterocycles. The van der Waals surface area contributed by atoms with E-state index in [9.17, 15) is 9.59 Å². The van der Waals surface area contributed by atoms with E-state index in [-0.39, 0.29) is 17.9 Å². The van der Waals surface area contributed by atoms with Gasteiger partial charge in [0.1, 0.15) is 0 Å². The first kappa shape index (κ1) is 27.9. The molecule has 0 aliphatic heterocycles. The molecular formula is C25H48O4. The van der Waals surface area contributed by atoms with Gasteiger partial charge in [-0.15, -0.1) is 0 Å². The van der Waals surface area contributed by atoms with Crippen molar-refractivity contribution >= 4 is 11.9 Å². The zero-order chi connectivity index (χ0) is 21.6. The predicted octanol–water partition coefficient (Wildman–Crippen LogP) is 7.38. The molecule has 29 heavy (non-hydrogen) atoms. The molecule has 1 atom stereocenters. The molecule has 0 N–H and O–H groups in total. The molecule has 0 aliphatic rings. The molecule has 0 aromatic carbocycles. The molecule has 0 aromatic rings. The number of rotatable bonds is 21. The molecule has 0 spiro atoms. The third kappa shape index (κ3) is 21.5. The minimum atomic E-state index is -0.0960. The topological polar surface area (TPSA) is 52.6 Å². The minimum absolute atomic E-state index is 0.0957. The fraction of sp³-hybridized carbons (Fsp3) is 0.920. The van der Waals surface area contributed by atoms with Crippen molar-refractivity contribution in [2.24, 2.45) is 5.92 Å². The van der Waals surface area contributed by atoms with Gasteiger partial charge in [-0.1, -0.05) is 97.8 Å². The SMILES string of the molecule is CCCCCCCCCC(=O)OCCC(C)COC(=O)CCCCCCCCC. The fourth-order valence-corrected chi connectivity index (χ4v) is 3.29. The largest absolute Gasteiger partial charge is 0.466 e. The van der Waals surface area contributed by atoms with Crippen molar-refractivity contribution in [1.82, 2.24) is 0 Å². The van der Waals surface area contributed by atoms with Crippen LogP contribution in [0.3, 0.4) is 0 Å². The lowest BCUT2D eigenvalue weighted by Gasteiger charge is -2.12. The summed E-state index contributed by atoms with van der Waals surface area (Å²) in [6.45, 7) is 7.32. The van der Waals surface area contributed by atoms with Crippen LogP contribution in [-0.2, 0) is 19.1 Å². The van der Waals surface area contributed by atoms with E-state index in [1.807, 2.05) is 6.92 Å². The van der Waals surface area contributed by atoms with Crippen molar-refractivity contribution in [3.05, 3.63) is 0 Å². The van der Waals surface area contributed by atoms with Crippen LogP contribution in [0.15, 0.2) is 0 Å². The first-order valence-corrected chi connectivity index (χ1v) is 12.4. The molecule has 0 heterocycles. The summed E-state index contributed by atoms with van der Waals surface area (Å²) in [5.41, 5.74) is 0. The first-order valence-electron chi connectivity index (χ1n) is 12.4. The normalized spacial score (nSPS) is 12.0. The average molecular weight is 413 g/mol. The van der Waals surface area contributed by atoms with Gasteiger partial charge in [-0.2, -0.15) is 0 Å². The number of carbonyl (C=O) groups is 2. The highest BCUT2D eigenvalue weighted by Gasteiger charge is 2.09. The number of hydrogen-bond donors (Lipinski definition) is 0. The Kier molecular flexibility index (Phi) is 20.9. The van der Waals surface area contributed by atoms with Gasteiger partial charge >= 0.3 is 11.9 Å². The number of hydrogen-bond acceptors (Lipinski definition) is 4. The van der Waals surface area contributed by atoms with Crippen LogP contribution < -0.4 is 0 Å². The Morgan fingerprint density at radius 2 is 1.03 bits per heavy atom. The lowest BCUT2D eigenvalue weighted by molar-refractivity contribution is -0.147. The summed E-state index contributed by atoms with van der Waals surface area (Å²) in [6.07, 6.45) is 18.6.